The molecule has 0 saturated carbocycles. The van der Waals surface area contributed by atoms with Crippen molar-refractivity contribution in [2.75, 3.05) is 31.1 Å². The Morgan fingerprint density at radius 1 is 1.38 bits per heavy atom. The van der Waals surface area contributed by atoms with E-state index in [4.69, 9.17) is 0 Å². The number of fused-ring (bicyclic) bond motifs is 1. The fourth-order valence-electron chi connectivity index (χ4n) is 2.44. The third kappa shape index (κ3) is 2.82. The number of anilines is 1. The van der Waals surface area contributed by atoms with Crippen molar-refractivity contribution in [1.82, 2.24) is 25.6 Å². The molecule has 1 aliphatic rings. The van der Waals surface area contributed by atoms with Crippen LogP contribution < -0.4 is 15.5 Å². The molecule has 3 rings (SSSR count). The van der Waals surface area contributed by atoms with E-state index in [2.05, 4.69) is 30.5 Å². The number of aromatic nitrogens is 3. The fourth-order valence-corrected chi connectivity index (χ4v) is 2.44. The summed E-state index contributed by atoms with van der Waals surface area (Å²) in [7, 11) is 0. The molecule has 7 heteroatoms. The standard InChI is InChI=1S/C14H20N6O/c1-9(2)18-14(21)10-7-16-13-12(10)19-11(8-17-13)20-5-3-15-4-6-20/h7-9,15H,3-6H2,1-2H3,(H,16,17)(H,18,21). The molecule has 0 radical (unpaired) electrons. The number of nitrogens with zero attached hydrogens (tertiary/aromatic N) is 3. The molecular formula is C14H20N6O. The van der Waals surface area contributed by atoms with Crippen molar-refractivity contribution in [2.24, 2.45) is 0 Å². The van der Waals surface area contributed by atoms with E-state index < -0.39 is 0 Å². The number of rotatable bonds is 3. The van der Waals surface area contributed by atoms with Crippen LogP contribution in [0.15, 0.2) is 12.4 Å². The van der Waals surface area contributed by atoms with Gasteiger partial charge in [-0.1, -0.05) is 0 Å². The normalized spacial score (nSPS) is 15.7. The van der Waals surface area contributed by atoms with E-state index in [0.717, 1.165) is 32.0 Å². The summed E-state index contributed by atoms with van der Waals surface area (Å²) < 4.78 is 0. The van der Waals surface area contributed by atoms with Crippen molar-refractivity contribution in [3.05, 3.63) is 18.0 Å². The lowest BCUT2D eigenvalue weighted by Crippen LogP contribution is -2.43. The minimum atomic E-state index is -0.122. The van der Waals surface area contributed by atoms with Gasteiger partial charge < -0.3 is 20.5 Å². The second kappa shape index (κ2) is 5.69. The predicted octanol–water partition coefficient (Wildman–Crippen LogP) is 0.506. The third-order valence-electron chi connectivity index (χ3n) is 3.47. The molecule has 1 amide bonds. The first-order chi connectivity index (χ1) is 10.1. The lowest BCUT2D eigenvalue weighted by molar-refractivity contribution is 0.0944. The highest BCUT2D eigenvalue weighted by molar-refractivity contribution is 6.04. The summed E-state index contributed by atoms with van der Waals surface area (Å²) >= 11 is 0. The second-order valence-corrected chi connectivity index (χ2v) is 5.49. The van der Waals surface area contributed by atoms with Gasteiger partial charge in [0.15, 0.2) is 5.65 Å². The summed E-state index contributed by atoms with van der Waals surface area (Å²) in [6.45, 7) is 7.55. The summed E-state index contributed by atoms with van der Waals surface area (Å²) in [5.74, 6) is 0.699. The molecule has 0 atom stereocenters. The van der Waals surface area contributed by atoms with E-state index in [1.54, 1.807) is 12.4 Å². The molecule has 7 nitrogen and oxygen atoms in total. The Kier molecular flexibility index (Phi) is 3.74. The van der Waals surface area contributed by atoms with Crippen molar-refractivity contribution < 1.29 is 4.79 Å². The molecule has 0 aromatic carbocycles. The molecule has 0 bridgehead atoms. The first kappa shape index (κ1) is 13.8. The maximum absolute atomic E-state index is 12.2. The van der Waals surface area contributed by atoms with E-state index in [1.807, 2.05) is 13.8 Å². The Morgan fingerprint density at radius 3 is 2.86 bits per heavy atom. The average Bonchev–Trinajstić information content (AvgIpc) is 2.90. The van der Waals surface area contributed by atoms with Crippen molar-refractivity contribution in [3.8, 4) is 0 Å². The SMILES string of the molecule is CC(C)NC(=O)c1c[nH]c2ncc(N3CCNCC3)nc12. The zero-order chi connectivity index (χ0) is 14.8. The summed E-state index contributed by atoms with van der Waals surface area (Å²) in [6.07, 6.45) is 3.43. The van der Waals surface area contributed by atoms with E-state index in [0.29, 0.717) is 16.7 Å². The van der Waals surface area contributed by atoms with Crippen molar-refractivity contribution >= 4 is 22.9 Å². The van der Waals surface area contributed by atoms with Crippen LogP contribution in [0, 0.1) is 0 Å². The molecule has 112 valence electrons. The lowest BCUT2D eigenvalue weighted by Gasteiger charge is -2.28. The number of H-pyrrole nitrogens is 1. The van der Waals surface area contributed by atoms with E-state index in [-0.39, 0.29) is 11.9 Å². The summed E-state index contributed by atoms with van der Waals surface area (Å²) in [5.41, 5.74) is 1.81. The summed E-state index contributed by atoms with van der Waals surface area (Å²) in [5, 5.41) is 6.19. The minimum absolute atomic E-state index is 0.0896. The Morgan fingerprint density at radius 2 is 2.14 bits per heavy atom. The Labute approximate surface area is 123 Å². The highest BCUT2D eigenvalue weighted by Crippen LogP contribution is 2.19. The molecule has 21 heavy (non-hydrogen) atoms. The van der Waals surface area contributed by atoms with Gasteiger partial charge in [-0.15, -0.1) is 0 Å². The Bertz CT molecular complexity index is 644. The van der Waals surface area contributed by atoms with Crippen LogP contribution in [0.1, 0.15) is 24.2 Å². The van der Waals surface area contributed by atoms with Crippen LogP contribution in [0.2, 0.25) is 0 Å². The zero-order valence-electron chi connectivity index (χ0n) is 12.3. The molecule has 3 heterocycles. The van der Waals surface area contributed by atoms with Gasteiger partial charge in [0.25, 0.3) is 5.91 Å². The molecule has 1 aliphatic heterocycles. The average molecular weight is 288 g/mol. The van der Waals surface area contributed by atoms with Crippen LogP contribution in [0.25, 0.3) is 11.2 Å². The van der Waals surface area contributed by atoms with Crippen molar-refractivity contribution in [3.63, 3.8) is 0 Å². The van der Waals surface area contributed by atoms with Gasteiger partial charge in [0, 0.05) is 38.4 Å². The number of carbonyl (C=O) groups is 1. The van der Waals surface area contributed by atoms with Crippen LogP contribution in [-0.4, -0.2) is 53.1 Å². The topological polar surface area (TPSA) is 85.9 Å². The van der Waals surface area contributed by atoms with Gasteiger partial charge in [-0.25, -0.2) is 9.97 Å². The molecule has 0 spiro atoms. The van der Waals surface area contributed by atoms with Crippen molar-refractivity contribution in [2.45, 2.75) is 19.9 Å². The molecule has 2 aromatic heterocycles. The van der Waals surface area contributed by atoms with Crippen LogP contribution in [-0.2, 0) is 0 Å². The van der Waals surface area contributed by atoms with Gasteiger partial charge in [-0.05, 0) is 13.8 Å². The van der Waals surface area contributed by atoms with Crippen molar-refractivity contribution in [1.29, 1.82) is 0 Å². The van der Waals surface area contributed by atoms with Gasteiger partial charge in [0.05, 0.1) is 11.8 Å². The molecule has 0 unspecified atom stereocenters. The summed E-state index contributed by atoms with van der Waals surface area (Å²) in [4.78, 5) is 26.4. The second-order valence-electron chi connectivity index (χ2n) is 5.49. The monoisotopic (exact) mass is 288 g/mol. The number of amides is 1. The lowest BCUT2D eigenvalue weighted by atomic mass is 10.2. The molecule has 2 aromatic rings. The minimum Gasteiger partial charge on any atom is -0.353 e. The smallest absolute Gasteiger partial charge is 0.255 e. The predicted molar refractivity (Wildman–Crippen MR) is 81.6 cm³/mol. The van der Waals surface area contributed by atoms with E-state index in [1.165, 1.54) is 0 Å². The molecule has 3 N–H and O–H groups in total. The number of aromatic amines is 1. The maximum atomic E-state index is 12.2. The summed E-state index contributed by atoms with van der Waals surface area (Å²) in [6, 6.07) is 0.0896. The van der Waals surface area contributed by atoms with Gasteiger partial charge in [0.2, 0.25) is 0 Å². The molecule has 1 saturated heterocycles. The fraction of sp³-hybridized carbons (Fsp3) is 0.500. The first-order valence-corrected chi connectivity index (χ1v) is 7.26. The third-order valence-corrected chi connectivity index (χ3v) is 3.47. The maximum Gasteiger partial charge on any atom is 0.255 e. The van der Waals surface area contributed by atoms with Gasteiger partial charge in [0.1, 0.15) is 11.3 Å². The largest absolute Gasteiger partial charge is 0.353 e. The quantitative estimate of drug-likeness (QED) is 0.766. The Balaban J connectivity index is 1.93. The van der Waals surface area contributed by atoms with Crippen LogP contribution in [0.5, 0.6) is 0 Å². The molecular weight excluding hydrogens is 268 g/mol. The molecule has 1 fully saturated rings. The molecule has 0 aliphatic carbocycles. The number of nitrogens with one attached hydrogen (secondary N) is 3. The Hall–Kier alpha value is -2.15. The van der Waals surface area contributed by atoms with Gasteiger partial charge in [-0.2, -0.15) is 0 Å². The van der Waals surface area contributed by atoms with E-state index in [9.17, 15) is 4.79 Å². The highest BCUT2D eigenvalue weighted by atomic mass is 16.1. The van der Waals surface area contributed by atoms with Gasteiger partial charge in [-0.3, -0.25) is 4.79 Å². The first-order valence-electron chi connectivity index (χ1n) is 7.26. The van der Waals surface area contributed by atoms with Crippen LogP contribution in [0.3, 0.4) is 0 Å². The van der Waals surface area contributed by atoms with E-state index >= 15 is 0 Å². The van der Waals surface area contributed by atoms with Crippen LogP contribution in [0.4, 0.5) is 5.82 Å². The van der Waals surface area contributed by atoms with Gasteiger partial charge >= 0.3 is 0 Å². The highest BCUT2D eigenvalue weighted by Gasteiger charge is 2.18. The van der Waals surface area contributed by atoms with Crippen LogP contribution >= 0.6 is 0 Å². The number of piperazine rings is 1. The number of hydrogen-bond acceptors (Lipinski definition) is 5. The zero-order valence-corrected chi connectivity index (χ0v) is 12.3. The number of hydrogen-bond donors (Lipinski definition) is 3. The number of carbonyl (C=O) groups excluding carboxylic acids is 1.